The predicted molar refractivity (Wildman–Crippen MR) is 82.6 cm³/mol. The van der Waals surface area contributed by atoms with Crippen LogP contribution in [-0.4, -0.2) is 35.6 Å². The van der Waals surface area contributed by atoms with E-state index in [2.05, 4.69) is 47.4 Å². The largest absolute Gasteiger partial charge is 0.310 e. The Kier molecular flexibility index (Phi) is 4.37. The molecular formula is C17H27N3. The van der Waals surface area contributed by atoms with Gasteiger partial charge in [0.2, 0.25) is 0 Å². The maximum atomic E-state index is 4.60. The van der Waals surface area contributed by atoms with Crippen LogP contribution >= 0.6 is 0 Å². The Morgan fingerprint density at radius 1 is 1.30 bits per heavy atom. The van der Waals surface area contributed by atoms with Gasteiger partial charge in [-0.3, -0.25) is 9.88 Å². The Labute approximate surface area is 122 Å². The van der Waals surface area contributed by atoms with Crippen LogP contribution in [0.3, 0.4) is 0 Å². The fraction of sp³-hybridized carbons (Fsp3) is 0.706. The van der Waals surface area contributed by atoms with Crippen molar-refractivity contribution in [2.45, 2.75) is 57.7 Å². The lowest BCUT2D eigenvalue weighted by Crippen LogP contribution is -2.39. The third kappa shape index (κ3) is 3.39. The van der Waals surface area contributed by atoms with Crippen LogP contribution < -0.4 is 5.32 Å². The van der Waals surface area contributed by atoms with E-state index in [-0.39, 0.29) is 0 Å². The lowest BCUT2D eigenvalue weighted by Gasteiger charge is -2.24. The van der Waals surface area contributed by atoms with Gasteiger partial charge in [-0.25, -0.2) is 0 Å². The standard InChI is InChI=1S/C17H27N3/c1-13-6-5-8-15(18-13)11-20(2)12-16-10-14-7-3-4-9-17(14)19-16/h5-6,8,14,16-17,19H,3-4,7,9-12H2,1-2H3. The molecule has 0 aromatic carbocycles. The number of fused-ring (bicyclic) bond motifs is 1. The molecule has 110 valence electrons. The van der Waals surface area contributed by atoms with Gasteiger partial charge < -0.3 is 5.32 Å². The monoisotopic (exact) mass is 273 g/mol. The molecule has 1 aromatic heterocycles. The molecule has 20 heavy (non-hydrogen) atoms. The normalized spacial score (nSPS) is 29.6. The van der Waals surface area contributed by atoms with E-state index in [0.717, 1.165) is 30.7 Å². The molecular weight excluding hydrogens is 246 g/mol. The Morgan fingerprint density at radius 3 is 2.95 bits per heavy atom. The summed E-state index contributed by atoms with van der Waals surface area (Å²) in [6.07, 6.45) is 7.07. The van der Waals surface area contributed by atoms with Crippen molar-refractivity contribution in [3.8, 4) is 0 Å². The molecule has 1 saturated heterocycles. The highest BCUT2D eigenvalue weighted by Gasteiger charge is 2.35. The molecule has 1 aliphatic heterocycles. The van der Waals surface area contributed by atoms with Crippen LogP contribution in [0, 0.1) is 12.8 Å². The van der Waals surface area contributed by atoms with E-state index >= 15 is 0 Å². The second-order valence-electron chi connectivity index (χ2n) is 6.72. The van der Waals surface area contributed by atoms with E-state index in [1.807, 2.05) is 0 Å². The SMILES string of the molecule is Cc1cccc(CN(C)CC2CC3CCCCC3N2)n1. The number of hydrogen-bond donors (Lipinski definition) is 1. The first-order valence-corrected chi connectivity index (χ1v) is 8.08. The van der Waals surface area contributed by atoms with Gasteiger partial charge in [-0.15, -0.1) is 0 Å². The van der Waals surface area contributed by atoms with Crippen LogP contribution in [0.1, 0.15) is 43.5 Å². The summed E-state index contributed by atoms with van der Waals surface area (Å²) in [5.41, 5.74) is 2.30. The molecule has 3 unspecified atom stereocenters. The zero-order valence-corrected chi connectivity index (χ0v) is 12.8. The van der Waals surface area contributed by atoms with E-state index in [4.69, 9.17) is 0 Å². The summed E-state index contributed by atoms with van der Waals surface area (Å²) in [5, 5.41) is 3.86. The van der Waals surface area contributed by atoms with Crippen molar-refractivity contribution >= 4 is 0 Å². The summed E-state index contributed by atoms with van der Waals surface area (Å²) in [6.45, 7) is 4.16. The van der Waals surface area contributed by atoms with Crippen LogP contribution in [0.4, 0.5) is 0 Å². The highest BCUT2D eigenvalue weighted by Crippen LogP contribution is 2.33. The van der Waals surface area contributed by atoms with Crippen molar-refractivity contribution in [3.05, 3.63) is 29.6 Å². The quantitative estimate of drug-likeness (QED) is 0.914. The number of pyridine rings is 1. The third-order valence-corrected chi connectivity index (χ3v) is 4.86. The van der Waals surface area contributed by atoms with Gasteiger partial charge in [-0.05, 0) is 51.3 Å². The number of aryl methyl sites for hydroxylation is 1. The summed E-state index contributed by atoms with van der Waals surface area (Å²) >= 11 is 0. The molecule has 1 aromatic rings. The number of likely N-dealkylation sites (N-methyl/N-ethyl adjacent to an activating group) is 1. The zero-order chi connectivity index (χ0) is 13.9. The smallest absolute Gasteiger partial charge is 0.0547 e. The fourth-order valence-electron chi connectivity index (χ4n) is 3.98. The molecule has 3 heteroatoms. The van der Waals surface area contributed by atoms with E-state index in [1.54, 1.807) is 0 Å². The zero-order valence-electron chi connectivity index (χ0n) is 12.8. The molecule has 3 nitrogen and oxygen atoms in total. The minimum Gasteiger partial charge on any atom is -0.310 e. The maximum Gasteiger partial charge on any atom is 0.0547 e. The highest BCUT2D eigenvalue weighted by molar-refractivity contribution is 5.09. The lowest BCUT2D eigenvalue weighted by molar-refractivity contribution is 0.285. The molecule has 1 aliphatic carbocycles. The van der Waals surface area contributed by atoms with Crippen LogP contribution in [0.25, 0.3) is 0 Å². The summed E-state index contributed by atoms with van der Waals surface area (Å²) in [6, 6.07) is 7.78. The van der Waals surface area contributed by atoms with Gasteiger partial charge in [0.05, 0.1) is 5.69 Å². The average molecular weight is 273 g/mol. The summed E-state index contributed by atoms with van der Waals surface area (Å²) < 4.78 is 0. The van der Waals surface area contributed by atoms with E-state index in [9.17, 15) is 0 Å². The highest BCUT2D eigenvalue weighted by atomic mass is 15.1. The summed E-state index contributed by atoms with van der Waals surface area (Å²) in [5.74, 6) is 0.944. The Hall–Kier alpha value is -0.930. The third-order valence-electron chi connectivity index (χ3n) is 4.86. The van der Waals surface area contributed by atoms with Crippen molar-refractivity contribution in [2.24, 2.45) is 5.92 Å². The van der Waals surface area contributed by atoms with Gasteiger partial charge in [0, 0.05) is 30.9 Å². The van der Waals surface area contributed by atoms with E-state index < -0.39 is 0 Å². The van der Waals surface area contributed by atoms with Crippen LogP contribution in [0.5, 0.6) is 0 Å². The Bertz CT molecular complexity index is 432. The molecule has 2 heterocycles. The molecule has 0 amide bonds. The molecule has 1 N–H and O–H groups in total. The van der Waals surface area contributed by atoms with Gasteiger partial charge >= 0.3 is 0 Å². The van der Waals surface area contributed by atoms with Crippen molar-refractivity contribution in [2.75, 3.05) is 13.6 Å². The number of nitrogens with one attached hydrogen (secondary N) is 1. The minimum atomic E-state index is 0.679. The van der Waals surface area contributed by atoms with Crippen molar-refractivity contribution in [3.63, 3.8) is 0 Å². The molecule has 1 saturated carbocycles. The Morgan fingerprint density at radius 2 is 2.15 bits per heavy atom. The van der Waals surface area contributed by atoms with Gasteiger partial charge in [-0.2, -0.15) is 0 Å². The van der Waals surface area contributed by atoms with Gasteiger partial charge in [0.1, 0.15) is 0 Å². The van der Waals surface area contributed by atoms with Gasteiger partial charge in [-0.1, -0.05) is 18.9 Å². The first-order valence-electron chi connectivity index (χ1n) is 8.08. The average Bonchev–Trinajstić information content (AvgIpc) is 2.80. The van der Waals surface area contributed by atoms with Crippen molar-refractivity contribution in [1.29, 1.82) is 0 Å². The number of nitrogens with zero attached hydrogens (tertiary/aromatic N) is 2. The first-order chi connectivity index (χ1) is 9.70. The number of hydrogen-bond acceptors (Lipinski definition) is 3. The predicted octanol–water partition coefficient (Wildman–Crippen LogP) is 2.74. The van der Waals surface area contributed by atoms with E-state index in [1.165, 1.54) is 37.8 Å². The first kappa shape index (κ1) is 14.0. The van der Waals surface area contributed by atoms with Crippen molar-refractivity contribution in [1.82, 2.24) is 15.2 Å². The Balaban J connectivity index is 1.50. The number of aromatic nitrogens is 1. The summed E-state index contributed by atoms with van der Waals surface area (Å²) in [7, 11) is 2.22. The van der Waals surface area contributed by atoms with Crippen molar-refractivity contribution < 1.29 is 0 Å². The molecule has 2 fully saturated rings. The minimum absolute atomic E-state index is 0.679. The second kappa shape index (κ2) is 6.23. The topological polar surface area (TPSA) is 28.2 Å². The van der Waals surface area contributed by atoms with Gasteiger partial charge in [0.25, 0.3) is 0 Å². The molecule has 0 radical (unpaired) electrons. The molecule has 3 atom stereocenters. The van der Waals surface area contributed by atoms with Crippen LogP contribution in [-0.2, 0) is 6.54 Å². The molecule has 0 spiro atoms. The fourth-order valence-corrected chi connectivity index (χ4v) is 3.98. The second-order valence-corrected chi connectivity index (χ2v) is 6.72. The van der Waals surface area contributed by atoms with E-state index in [0.29, 0.717) is 6.04 Å². The van der Waals surface area contributed by atoms with Gasteiger partial charge in [0.15, 0.2) is 0 Å². The van der Waals surface area contributed by atoms with Crippen LogP contribution in [0.2, 0.25) is 0 Å². The summed E-state index contributed by atoms with van der Waals surface area (Å²) in [4.78, 5) is 7.01. The molecule has 0 bridgehead atoms. The van der Waals surface area contributed by atoms with Crippen LogP contribution in [0.15, 0.2) is 18.2 Å². The molecule has 3 rings (SSSR count). The maximum absolute atomic E-state index is 4.60. The molecule has 2 aliphatic rings. The number of rotatable bonds is 4. The lowest BCUT2D eigenvalue weighted by atomic mass is 9.85.